The molecule has 0 aromatic rings. The molecule has 3 aliphatic rings. The normalized spacial score (nSPS) is 36.6. The first-order chi connectivity index (χ1) is 6.95. The number of hydrogen-bond acceptors (Lipinski definition) is 5. The third kappa shape index (κ3) is 1.28. The van der Waals surface area contributed by atoms with Gasteiger partial charge in [0.25, 0.3) is 0 Å². The summed E-state index contributed by atoms with van der Waals surface area (Å²) >= 11 is 0. The van der Waals surface area contributed by atoms with Crippen LogP contribution in [0.1, 0.15) is 0 Å². The van der Waals surface area contributed by atoms with Crippen LogP contribution in [0.5, 0.6) is 0 Å². The lowest BCUT2D eigenvalue weighted by atomic mass is 10.2. The lowest BCUT2D eigenvalue weighted by Gasteiger charge is -2.47. The molecule has 0 aliphatic carbocycles. The minimum Gasteiger partial charge on any atom is -0.477 e. The molecule has 3 aliphatic heterocycles. The third-order valence-electron chi connectivity index (χ3n) is 3.00. The maximum absolute atomic E-state index is 5.63. The molecule has 0 spiro atoms. The number of fused-ring (bicyclic) bond motifs is 3. The lowest BCUT2D eigenvalue weighted by Crippen LogP contribution is -2.67. The Hall–Kier alpha value is -0.780. The van der Waals surface area contributed by atoms with Crippen molar-refractivity contribution in [3.05, 3.63) is 12.0 Å². The maximum atomic E-state index is 5.63. The average molecular weight is 196 g/mol. The topological polar surface area (TPSA) is 48.6 Å². The smallest absolute Gasteiger partial charge is 0.183 e. The molecule has 3 heterocycles. The highest BCUT2D eigenvalue weighted by molar-refractivity contribution is 5.09. The summed E-state index contributed by atoms with van der Waals surface area (Å²) in [5.41, 5.74) is 1.26. The molecular formula is C9H16N4O. The van der Waals surface area contributed by atoms with Gasteiger partial charge in [0.2, 0.25) is 0 Å². The van der Waals surface area contributed by atoms with Gasteiger partial charge in [-0.1, -0.05) is 0 Å². The van der Waals surface area contributed by atoms with E-state index in [1.54, 1.807) is 0 Å². The Morgan fingerprint density at radius 2 is 2.21 bits per heavy atom. The zero-order valence-electron chi connectivity index (χ0n) is 8.12. The lowest BCUT2D eigenvalue weighted by molar-refractivity contribution is -0.0344. The molecule has 0 aromatic carbocycles. The monoisotopic (exact) mass is 196 g/mol. The Balaban J connectivity index is 1.82. The molecule has 5 nitrogen and oxygen atoms in total. The van der Waals surface area contributed by atoms with Crippen molar-refractivity contribution in [1.29, 1.82) is 0 Å². The fourth-order valence-corrected chi connectivity index (χ4v) is 2.29. The molecule has 2 fully saturated rings. The number of piperazine rings is 2. The summed E-state index contributed by atoms with van der Waals surface area (Å²) in [6, 6.07) is 0. The number of hydrogen-bond donors (Lipinski definition) is 3. The Kier molecular flexibility index (Phi) is 2.08. The van der Waals surface area contributed by atoms with E-state index >= 15 is 0 Å². The molecule has 0 aromatic heterocycles. The minimum absolute atomic E-state index is 0.116. The fourth-order valence-electron chi connectivity index (χ4n) is 2.29. The second-order valence-electron chi connectivity index (χ2n) is 3.89. The summed E-state index contributed by atoms with van der Waals surface area (Å²) in [6.07, 6.45) is 2.31. The molecule has 3 rings (SSSR count). The predicted octanol–water partition coefficient (Wildman–Crippen LogP) is -1.39. The minimum atomic E-state index is 0.116. The molecule has 0 saturated carbocycles. The Bertz CT molecular complexity index is 255. The first-order valence-electron chi connectivity index (χ1n) is 5.24. The van der Waals surface area contributed by atoms with Crippen LogP contribution in [0, 0.1) is 0 Å². The molecule has 78 valence electrons. The molecule has 14 heavy (non-hydrogen) atoms. The van der Waals surface area contributed by atoms with Crippen LogP contribution < -0.4 is 16.0 Å². The van der Waals surface area contributed by atoms with Gasteiger partial charge in [0.1, 0.15) is 12.4 Å². The van der Waals surface area contributed by atoms with Crippen LogP contribution in [0.15, 0.2) is 12.0 Å². The standard InChI is InChI=1S/C9H16N4O/c1-2-12-9-8(11-1)13-4-3-10-5-7(13)6-14-9/h6,8-12H,1-5H2. The van der Waals surface area contributed by atoms with Gasteiger partial charge in [-0.2, -0.15) is 0 Å². The van der Waals surface area contributed by atoms with Gasteiger partial charge in [-0.05, 0) is 0 Å². The van der Waals surface area contributed by atoms with Crippen LogP contribution in [0.2, 0.25) is 0 Å². The highest BCUT2D eigenvalue weighted by Crippen LogP contribution is 2.20. The van der Waals surface area contributed by atoms with Crippen LogP contribution >= 0.6 is 0 Å². The van der Waals surface area contributed by atoms with Crippen molar-refractivity contribution in [2.45, 2.75) is 12.4 Å². The molecular weight excluding hydrogens is 180 g/mol. The van der Waals surface area contributed by atoms with Crippen molar-refractivity contribution >= 4 is 0 Å². The van der Waals surface area contributed by atoms with E-state index in [0.29, 0.717) is 6.17 Å². The second kappa shape index (κ2) is 3.42. The highest BCUT2D eigenvalue weighted by atomic mass is 16.5. The predicted molar refractivity (Wildman–Crippen MR) is 52.3 cm³/mol. The number of rotatable bonds is 0. The van der Waals surface area contributed by atoms with Gasteiger partial charge in [-0.25, -0.2) is 0 Å². The summed E-state index contributed by atoms with van der Waals surface area (Å²) in [6.45, 7) is 5.04. The quantitative estimate of drug-likeness (QED) is 0.445. The molecule has 0 bridgehead atoms. The van der Waals surface area contributed by atoms with Gasteiger partial charge in [0, 0.05) is 32.7 Å². The van der Waals surface area contributed by atoms with Crippen LogP contribution in [-0.2, 0) is 4.74 Å². The van der Waals surface area contributed by atoms with Crippen molar-refractivity contribution in [1.82, 2.24) is 20.9 Å². The van der Waals surface area contributed by atoms with Crippen molar-refractivity contribution < 1.29 is 4.74 Å². The zero-order valence-corrected chi connectivity index (χ0v) is 8.12. The summed E-state index contributed by atoms with van der Waals surface area (Å²) < 4.78 is 5.63. The van der Waals surface area contributed by atoms with Gasteiger partial charge < -0.3 is 15.0 Å². The number of ether oxygens (including phenoxy) is 1. The SMILES string of the molecule is C1=C2CNCCN2C2NCCNC2O1. The van der Waals surface area contributed by atoms with Crippen molar-refractivity contribution in [2.75, 3.05) is 32.7 Å². The molecule has 5 heteroatoms. The van der Waals surface area contributed by atoms with Crippen LogP contribution in [-0.4, -0.2) is 50.0 Å². The average Bonchev–Trinajstić information content (AvgIpc) is 2.29. The third-order valence-corrected chi connectivity index (χ3v) is 3.00. The van der Waals surface area contributed by atoms with Gasteiger partial charge in [0.05, 0.1) is 5.70 Å². The fraction of sp³-hybridized carbons (Fsp3) is 0.778. The Morgan fingerprint density at radius 3 is 3.21 bits per heavy atom. The van der Waals surface area contributed by atoms with Crippen LogP contribution in [0.25, 0.3) is 0 Å². The van der Waals surface area contributed by atoms with E-state index in [0.717, 1.165) is 32.7 Å². The van der Waals surface area contributed by atoms with E-state index in [1.807, 2.05) is 6.26 Å². The largest absolute Gasteiger partial charge is 0.477 e. The summed E-state index contributed by atoms with van der Waals surface area (Å²) in [7, 11) is 0. The second-order valence-corrected chi connectivity index (χ2v) is 3.89. The molecule has 0 amide bonds. The summed E-state index contributed by atoms with van der Waals surface area (Å²) in [4.78, 5) is 2.40. The summed E-state index contributed by atoms with van der Waals surface area (Å²) in [5, 5.41) is 10.2. The molecule has 3 N–H and O–H groups in total. The first kappa shape index (κ1) is 8.52. The zero-order chi connectivity index (χ0) is 9.38. The van der Waals surface area contributed by atoms with E-state index in [-0.39, 0.29) is 6.23 Å². The van der Waals surface area contributed by atoms with E-state index in [4.69, 9.17) is 4.74 Å². The van der Waals surface area contributed by atoms with Gasteiger partial charge in [-0.15, -0.1) is 0 Å². The van der Waals surface area contributed by atoms with E-state index in [2.05, 4.69) is 20.9 Å². The van der Waals surface area contributed by atoms with E-state index in [1.165, 1.54) is 5.70 Å². The number of nitrogens with zero attached hydrogens (tertiary/aromatic N) is 1. The van der Waals surface area contributed by atoms with Crippen molar-refractivity contribution in [2.24, 2.45) is 0 Å². The summed E-state index contributed by atoms with van der Waals surface area (Å²) in [5.74, 6) is 0. The van der Waals surface area contributed by atoms with E-state index in [9.17, 15) is 0 Å². The van der Waals surface area contributed by atoms with E-state index < -0.39 is 0 Å². The van der Waals surface area contributed by atoms with Gasteiger partial charge in [-0.3, -0.25) is 10.6 Å². The molecule has 0 radical (unpaired) electrons. The molecule has 2 unspecified atom stereocenters. The molecule has 2 saturated heterocycles. The first-order valence-corrected chi connectivity index (χ1v) is 5.24. The highest BCUT2D eigenvalue weighted by Gasteiger charge is 2.36. The Labute approximate surface area is 83.5 Å². The van der Waals surface area contributed by atoms with Crippen LogP contribution in [0.3, 0.4) is 0 Å². The van der Waals surface area contributed by atoms with Crippen molar-refractivity contribution in [3.63, 3.8) is 0 Å². The van der Waals surface area contributed by atoms with Crippen LogP contribution in [0.4, 0.5) is 0 Å². The number of nitrogens with one attached hydrogen (secondary N) is 3. The molecule has 2 atom stereocenters. The van der Waals surface area contributed by atoms with Gasteiger partial charge in [0.15, 0.2) is 6.23 Å². The Morgan fingerprint density at radius 1 is 1.29 bits per heavy atom. The van der Waals surface area contributed by atoms with Crippen molar-refractivity contribution in [3.8, 4) is 0 Å². The van der Waals surface area contributed by atoms with Gasteiger partial charge >= 0.3 is 0 Å². The maximum Gasteiger partial charge on any atom is 0.183 e.